The van der Waals surface area contributed by atoms with Crippen LogP contribution >= 0.6 is 23.1 Å². The minimum absolute atomic E-state index is 0.0192. The molecule has 0 aliphatic rings. The third kappa shape index (κ3) is 3.78. The van der Waals surface area contributed by atoms with Gasteiger partial charge in [0.25, 0.3) is 0 Å². The molecule has 20 heavy (non-hydrogen) atoms. The van der Waals surface area contributed by atoms with Crippen LogP contribution in [0.5, 0.6) is 0 Å². The van der Waals surface area contributed by atoms with Gasteiger partial charge in [-0.25, -0.2) is 14.2 Å². The van der Waals surface area contributed by atoms with Crippen molar-refractivity contribution in [3.05, 3.63) is 41.2 Å². The van der Waals surface area contributed by atoms with Crippen molar-refractivity contribution in [3.63, 3.8) is 0 Å². The first kappa shape index (κ1) is 14.5. The van der Waals surface area contributed by atoms with E-state index >= 15 is 0 Å². The Hall–Kier alpha value is -1.93. The van der Waals surface area contributed by atoms with E-state index in [0.717, 1.165) is 17.8 Å². The van der Waals surface area contributed by atoms with E-state index in [-0.39, 0.29) is 22.1 Å². The molecule has 0 spiro atoms. The maximum atomic E-state index is 13.5. The molecule has 1 aromatic carbocycles. The smallest absolute Gasteiger partial charge is 0.335 e. The molecule has 1 aromatic heterocycles. The average molecular weight is 312 g/mol. The number of amides is 1. The van der Waals surface area contributed by atoms with E-state index in [2.05, 4.69) is 10.3 Å². The van der Waals surface area contributed by atoms with Crippen LogP contribution < -0.4 is 5.32 Å². The van der Waals surface area contributed by atoms with Crippen molar-refractivity contribution >= 4 is 40.1 Å². The molecular weight excluding hydrogens is 303 g/mol. The molecule has 0 aliphatic carbocycles. The summed E-state index contributed by atoms with van der Waals surface area (Å²) in [6, 6.07) is 3.46. The molecule has 0 aliphatic heterocycles. The summed E-state index contributed by atoms with van der Waals surface area (Å²) in [6.07, 6.45) is 1.56. The highest BCUT2D eigenvalue weighted by Gasteiger charge is 2.11. The first-order chi connectivity index (χ1) is 9.56. The Morgan fingerprint density at radius 3 is 2.90 bits per heavy atom. The van der Waals surface area contributed by atoms with Crippen molar-refractivity contribution in [2.45, 2.75) is 4.90 Å². The van der Waals surface area contributed by atoms with Gasteiger partial charge in [0, 0.05) is 16.5 Å². The van der Waals surface area contributed by atoms with Gasteiger partial charge in [0.15, 0.2) is 5.13 Å². The Morgan fingerprint density at radius 1 is 1.45 bits per heavy atom. The first-order valence-corrected chi connectivity index (χ1v) is 7.28. The molecule has 2 rings (SSSR count). The van der Waals surface area contributed by atoms with Gasteiger partial charge in [-0.15, -0.1) is 23.1 Å². The number of carboxylic acids is 1. The van der Waals surface area contributed by atoms with E-state index in [1.807, 2.05) is 0 Å². The van der Waals surface area contributed by atoms with Gasteiger partial charge in [0.1, 0.15) is 5.82 Å². The van der Waals surface area contributed by atoms with Crippen LogP contribution in [0, 0.1) is 5.82 Å². The summed E-state index contributed by atoms with van der Waals surface area (Å²) in [5, 5.41) is 13.6. The predicted octanol–water partition coefficient (Wildman–Crippen LogP) is 2.71. The number of aromatic carboxylic acids is 1. The van der Waals surface area contributed by atoms with Gasteiger partial charge in [0.2, 0.25) is 5.91 Å². The standard InChI is InChI=1S/C12H9FN2O3S2/c13-8-2-1-7(11(17)18)5-9(8)20-6-10(16)15-12-14-3-4-19-12/h1-5H,6H2,(H,17,18)(H,14,15,16). The van der Waals surface area contributed by atoms with Crippen LogP contribution in [-0.4, -0.2) is 27.7 Å². The Labute approximate surface area is 121 Å². The number of aromatic nitrogens is 1. The zero-order chi connectivity index (χ0) is 14.5. The fraction of sp³-hybridized carbons (Fsp3) is 0.0833. The highest BCUT2D eigenvalue weighted by molar-refractivity contribution is 8.00. The van der Waals surface area contributed by atoms with Crippen molar-refractivity contribution < 1.29 is 19.1 Å². The van der Waals surface area contributed by atoms with Crippen LogP contribution in [0.25, 0.3) is 0 Å². The van der Waals surface area contributed by atoms with Crippen LogP contribution in [0.15, 0.2) is 34.7 Å². The van der Waals surface area contributed by atoms with Crippen LogP contribution in [-0.2, 0) is 4.79 Å². The summed E-state index contributed by atoms with van der Waals surface area (Å²) < 4.78 is 13.5. The molecule has 2 aromatic rings. The number of thioether (sulfide) groups is 1. The zero-order valence-electron chi connectivity index (χ0n) is 10.00. The second-order valence-electron chi connectivity index (χ2n) is 3.62. The van der Waals surface area contributed by atoms with Gasteiger partial charge in [-0.2, -0.15) is 0 Å². The molecule has 2 N–H and O–H groups in total. The van der Waals surface area contributed by atoms with Crippen molar-refractivity contribution in [2.24, 2.45) is 0 Å². The second-order valence-corrected chi connectivity index (χ2v) is 5.54. The van der Waals surface area contributed by atoms with Gasteiger partial charge in [0.05, 0.1) is 11.3 Å². The van der Waals surface area contributed by atoms with E-state index in [1.54, 1.807) is 11.6 Å². The minimum Gasteiger partial charge on any atom is -0.478 e. The summed E-state index contributed by atoms with van der Waals surface area (Å²) >= 11 is 2.21. The number of carboxylic acid groups (broad SMARTS) is 1. The van der Waals surface area contributed by atoms with E-state index in [4.69, 9.17) is 5.11 Å². The summed E-state index contributed by atoms with van der Waals surface area (Å²) in [7, 11) is 0. The topological polar surface area (TPSA) is 79.3 Å². The van der Waals surface area contributed by atoms with E-state index in [9.17, 15) is 14.0 Å². The zero-order valence-corrected chi connectivity index (χ0v) is 11.6. The third-order valence-corrected chi connectivity index (χ3v) is 3.93. The van der Waals surface area contributed by atoms with Crippen molar-refractivity contribution in [1.29, 1.82) is 0 Å². The lowest BCUT2D eigenvalue weighted by atomic mass is 10.2. The lowest BCUT2D eigenvalue weighted by Crippen LogP contribution is -2.13. The molecule has 0 atom stereocenters. The highest BCUT2D eigenvalue weighted by Crippen LogP contribution is 2.23. The van der Waals surface area contributed by atoms with Crippen molar-refractivity contribution in [2.75, 3.05) is 11.1 Å². The Kier molecular flexibility index (Phi) is 4.70. The monoisotopic (exact) mass is 312 g/mol. The Morgan fingerprint density at radius 2 is 2.25 bits per heavy atom. The van der Waals surface area contributed by atoms with E-state index in [0.29, 0.717) is 5.13 Å². The molecule has 1 amide bonds. The number of carbonyl (C=O) groups excluding carboxylic acids is 1. The highest BCUT2D eigenvalue weighted by atomic mass is 32.2. The number of halogens is 1. The van der Waals surface area contributed by atoms with Gasteiger partial charge in [-0.1, -0.05) is 0 Å². The number of carbonyl (C=O) groups is 2. The molecule has 0 radical (unpaired) electrons. The molecular formula is C12H9FN2O3S2. The number of thiazole rings is 1. The number of nitrogens with zero attached hydrogens (tertiary/aromatic N) is 1. The van der Waals surface area contributed by atoms with Gasteiger partial charge in [-0.3, -0.25) is 4.79 Å². The maximum absolute atomic E-state index is 13.5. The number of hydrogen-bond acceptors (Lipinski definition) is 5. The number of rotatable bonds is 5. The number of benzene rings is 1. The fourth-order valence-electron chi connectivity index (χ4n) is 1.33. The molecule has 5 nitrogen and oxygen atoms in total. The summed E-state index contributed by atoms with van der Waals surface area (Å²) in [4.78, 5) is 26.4. The molecule has 1 heterocycles. The lowest BCUT2D eigenvalue weighted by Gasteiger charge is -2.04. The maximum Gasteiger partial charge on any atom is 0.335 e. The summed E-state index contributed by atoms with van der Waals surface area (Å²) in [6.45, 7) is 0. The van der Waals surface area contributed by atoms with Crippen LogP contribution in [0.1, 0.15) is 10.4 Å². The largest absolute Gasteiger partial charge is 0.478 e. The van der Waals surface area contributed by atoms with Crippen molar-refractivity contribution in [1.82, 2.24) is 4.98 Å². The van der Waals surface area contributed by atoms with E-state index < -0.39 is 11.8 Å². The van der Waals surface area contributed by atoms with E-state index in [1.165, 1.54) is 23.5 Å². The summed E-state index contributed by atoms with van der Waals surface area (Å²) in [5.41, 5.74) is -0.0192. The Balaban J connectivity index is 1.98. The molecule has 0 saturated heterocycles. The number of hydrogen-bond donors (Lipinski definition) is 2. The molecule has 0 fully saturated rings. The SMILES string of the molecule is O=C(CSc1cc(C(=O)O)ccc1F)Nc1nccs1. The van der Waals surface area contributed by atoms with Gasteiger partial charge < -0.3 is 10.4 Å². The third-order valence-electron chi connectivity index (χ3n) is 2.22. The number of anilines is 1. The molecule has 0 unspecified atom stereocenters. The Bertz CT molecular complexity index is 632. The predicted molar refractivity (Wildman–Crippen MR) is 74.8 cm³/mol. The lowest BCUT2D eigenvalue weighted by molar-refractivity contribution is -0.113. The van der Waals surface area contributed by atoms with Crippen molar-refractivity contribution in [3.8, 4) is 0 Å². The van der Waals surface area contributed by atoms with Crippen LogP contribution in [0.3, 0.4) is 0 Å². The molecule has 8 heteroatoms. The molecule has 104 valence electrons. The quantitative estimate of drug-likeness (QED) is 0.830. The fourth-order valence-corrected chi connectivity index (χ4v) is 2.65. The van der Waals surface area contributed by atoms with Gasteiger partial charge in [-0.05, 0) is 18.2 Å². The van der Waals surface area contributed by atoms with Crippen LogP contribution in [0.2, 0.25) is 0 Å². The minimum atomic E-state index is -1.14. The summed E-state index contributed by atoms with van der Waals surface area (Å²) in [5.74, 6) is -2.05. The molecule has 0 bridgehead atoms. The second kappa shape index (κ2) is 6.49. The number of nitrogens with one attached hydrogen (secondary N) is 1. The molecule has 0 saturated carbocycles. The average Bonchev–Trinajstić information content (AvgIpc) is 2.90. The normalized spacial score (nSPS) is 10.2. The van der Waals surface area contributed by atoms with Gasteiger partial charge >= 0.3 is 5.97 Å². The van der Waals surface area contributed by atoms with Crippen LogP contribution in [0.4, 0.5) is 9.52 Å². The first-order valence-electron chi connectivity index (χ1n) is 5.41.